The zero-order valence-electron chi connectivity index (χ0n) is 33.2. The van der Waals surface area contributed by atoms with Gasteiger partial charge in [-0.15, -0.1) is 5.16 Å². The third kappa shape index (κ3) is 8.84. The fourth-order valence-corrected chi connectivity index (χ4v) is 16.8. The molecule has 1 aliphatic heterocycles. The number of ether oxygens (including phenoxy) is 2. The van der Waals surface area contributed by atoms with Gasteiger partial charge in [0.05, 0.1) is 19.1 Å². The van der Waals surface area contributed by atoms with Crippen LogP contribution in [0.3, 0.4) is 0 Å². The van der Waals surface area contributed by atoms with Crippen LogP contribution < -0.4 is 20.7 Å². The molecule has 1 heterocycles. The van der Waals surface area contributed by atoms with Crippen molar-refractivity contribution in [3.8, 4) is 0 Å². The monoisotopic (exact) mass is 807 g/mol. The van der Waals surface area contributed by atoms with E-state index >= 15 is 0 Å². The van der Waals surface area contributed by atoms with Crippen molar-refractivity contribution in [3.05, 3.63) is 157 Å². The molecule has 0 spiro atoms. The molecule has 5 aromatic rings. The molecule has 294 valence electrons. The highest BCUT2D eigenvalue weighted by Gasteiger charge is 2.55. The van der Waals surface area contributed by atoms with Gasteiger partial charge in [0.25, 0.3) is 18.4 Å². The fraction of sp³-hybridized carbons (Fsp3) is 0.311. The molecule has 0 saturated carbocycles. The highest BCUT2D eigenvalue weighted by molar-refractivity contribution is 7.86. The van der Waals surface area contributed by atoms with Gasteiger partial charge in [0.2, 0.25) is 0 Å². The molecule has 56 heavy (non-hydrogen) atoms. The van der Waals surface area contributed by atoms with Crippen LogP contribution in [0.4, 0.5) is 0 Å². The minimum atomic E-state index is -3.82. The molecule has 0 bridgehead atoms. The van der Waals surface area contributed by atoms with Crippen LogP contribution in [-0.2, 0) is 32.7 Å². The maximum atomic E-state index is 12.4. The quantitative estimate of drug-likeness (QED) is 0.0519. The number of benzene rings is 5. The van der Waals surface area contributed by atoms with Crippen molar-refractivity contribution in [2.24, 2.45) is 5.16 Å². The summed E-state index contributed by atoms with van der Waals surface area (Å²) in [6.45, 7) is 12.9. The van der Waals surface area contributed by atoms with Crippen molar-refractivity contribution < 1.29 is 31.0 Å². The van der Waals surface area contributed by atoms with E-state index in [9.17, 15) is 8.42 Å². The van der Waals surface area contributed by atoms with Crippen molar-refractivity contribution in [2.75, 3.05) is 12.9 Å². The van der Waals surface area contributed by atoms with E-state index in [1.165, 1.54) is 0 Å². The minimum absolute atomic E-state index is 0.281. The first kappa shape index (κ1) is 41.4. The van der Waals surface area contributed by atoms with Crippen molar-refractivity contribution >= 4 is 53.7 Å². The summed E-state index contributed by atoms with van der Waals surface area (Å²) in [6.07, 6.45) is -0.671. The second kappa shape index (κ2) is 17.1. The van der Waals surface area contributed by atoms with Gasteiger partial charge in [0.1, 0.15) is 18.3 Å². The summed E-state index contributed by atoms with van der Waals surface area (Å²) < 4.78 is 58.3. The van der Waals surface area contributed by atoms with E-state index in [4.69, 9.17) is 27.8 Å². The molecule has 0 unspecified atom stereocenters. The van der Waals surface area contributed by atoms with Crippen LogP contribution in [0.1, 0.15) is 53.4 Å². The van der Waals surface area contributed by atoms with E-state index in [0.29, 0.717) is 0 Å². The molecular formula is C45H53NO7SSi2. The van der Waals surface area contributed by atoms with E-state index in [1.807, 2.05) is 103 Å². The average Bonchev–Trinajstić information content (AvgIpc) is 3.62. The molecule has 5 aromatic carbocycles. The van der Waals surface area contributed by atoms with Crippen LogP contribution in [-0.4, -0.2) is 62.4 Å². The third-order valence-electron chi connectivity index (χ3n) is 10.3. The zero-order valence-corrected chi connectivity index (χ0v) is 36.1. The largest absolute Gasteiger partial charge is 0.443 e. The lowest BCUT2D eigenvalue weighted by atomic mass is 10.1. The van der Waals surface area contributed by atoms with E-state index in [0.717, 1.165) is 32.6 Å². The van der Waals surface area contributed by atoms with Gasteiger partial charge in [-0.05, 0) is 25.8 Å². The number of hydrogen-bond acceptors (Lipinski definition) is 8. The standard InChI is InChI=1S/C45H53NO7SSi2/c1-44(2,3)55(36-25-15-9-16-26-36,37-27-17-10-18-28-37)52-40(42-41(34-49-54(7,47)48)50-43(51-42)35-23-13-8-14-24-35)33-46-53-56(45(4,5)6,38-29-19-11-20-30-38)39-31-21-12-22-32-39/h8-33,40-43H,34H2,1-7H3/b46-33+/t40-,41-,42+,43+/m1/s1. The van der Waals surface area contributed by atoms with Gasteiger partial charge in [0.15, 0.2) is 6.29 Å². The van der Waals surface area contributed by atoms with E-state index in [2.05, 4.69) is 90.1 Å². The topological polar surface area (TPSA) is 92.7 Å². The molecule has 8 nitrogen and oxygen atoms in total. The lowest BCUT2D eigenvalue weighted by Gasteiger charge is -2.45. The Bertz CT molecular complexity index is 2050. The van der Waals surface area contributed by atoms with Crippen molar-refractivity contribution in [1.82, 2.24) is 0 Å². The molecule has 1 fully saturated rings. The predicted octanol–water partition coefficient (Wildman–Crippen LogP) is 6.95. The zero-order chi connectivity index (χ0) is 40.0. The normalized spacial score (nSPS) is 18.9. The third-order valence-corrected chi connectivity index (χ3v) is 20.7. The molecule has 0 N–H and O–H groups in total. The molecule has 0 aliphatic carbocycles. The average molecular weight is 808 g/mol. The lowest BCUT2D eigenvalue weighted by Crippen LogP contribution is -2.69. The Labute approximate surface area is 334 Å². The maximum absolute atomic E-state index is 12.4. The Balaban J connectivity index is 1.54. The summed E-state index contributed by atoms with van der Waals surface area (Å²) >= 11 is 0. The summed E-state index contributed by atoms with van der Waals surface area (Å²) in [6, 6.07) is 50.9. The Morgan fingerprint density at radius 3 is 1.41 bits per heavy atom. The summed E-state index contributed by atoms with van der Waals surface area (Å²) in [5.74, 6) is 0. The molecule has 0 radical (unpaired) electrons. The van der Waals surface area contributed by atoms with Gasteiger partial charge in [-0.2, -0.15) is 8.42 Å². The molecule has 4 atom stereocenters. The highest BCUT2D eigenvalue weighted by Crippen LogP contribution is 2.41. The minimum Gasteiger partial charge on any atom is -0.443 e. The number of hydrogen-bond donors (Lipinski definition) is 0. The van der Waals surface area contributed by atoms with Crippen LogP contribution in [0.15, 0.2) is 157 Å². The van der Waals surface area contributed by atoms with Crippen molar-refractivity contribution in [2.45, 2.75) is 76.2 Å². The second-order valence-electron chi connectivity index (χ2n) is 16.3. The second-order valence-corrected chi connectivity index (χ2v) is 26.4. The fourth-order valence-electron chi connectivity index (χ4n) is 7.75. The Kier molecular flexibility index (Phi) is 12.7. The van der Waals surface area contributed by atoms with Crippen molar-refractivity contribution in [1.29, 1.82) is 0 Å². The Hall–Kier alpha value is -4.21. The molecule has 0 amide bonds. The van der Waals surface area contributed by atoms with Crippen LogP contribution in [0.5, 0.6) is 0 Å². The van der Waals surface area contributed by atoms with Gasteiger partial charge in [-0.3, -0.25) is 4.18 Å². The first-order valence-electron chi connectivity index (χ1n) is 19.0. The Morgan fingerprint density at radius 2 is 1.02 bits per heavy atom. The number of rotatable bonds is 14. The highest BCUT2D eigenvalue weighted by atomic mass is 32.2. The summed E-state index contributed by atoms with van der Waals surface area (Å²) in [5, 5.41) is 8.46. The van der Waals surface area contributed by atoms with Gasteiger partial charge >= 0.3 is 8.32 Å². The van der Waals surface area contributed by atoms with Crippen molar-refractivity contribution in [3.63, 3.8) is 0 Å². The van der Waals surface area contributed by atoms with E-state index < -0.39 is 56.4 Å². The van der Waals surface area contributed by atoms with Crippen LogP contribution in [0.25, 0.3) is 0 Å². The van der Waals surface area contributed by atoms with Gasteiger partial charge in [-0.25, -0.2) is 0 Å². The molecule has 11 heteroatoms. The summed E-state index contributed by atoms with van der Waals surface area (Å²) in [5.41, 5.74) is 0.782. The van der Waals surface area contributed by atoms with E-state index in [1.54, 1.807) is 6.21 Å². The van der Waals surface area contributed by atoms with Crippen LogP contribution >= 0.6 is 0 Å². The SMILES string of the molecule is CC(C)(C)[Si](O/N=C/[C@@H](O[Si](c1ccccc1)(c1ccccc1)C(C)(C)C)[C@@H]1O[C@@H](c2ccccc2)O[C@@H]1COS(C)(=O)=O)(c1ccccc1)c1ccccc1. The lowest BCUT2D eigenvalue weighted by molar-refractivity contribution is -0.0785. The van der Waals surface area contributed by atoms with Gasteiger partial charge in [0, 0.05) is 10.6 Å². The number of oxime groups is 1. The van der Waals surface area contributed by atoms with E-state index in [-0.39, 0.29) is 11.6 Å². The molecule has 6 rings (SSSR count). The molecular weight excluding hydrogens is 755 g/mol. The summed E-state index contributed by atoms with van der Waals surface area (Å²) in [7, 11) is -10.2. The Morgan fingerprint density at radius 1 is 0.625 bits per heavy atom. The molecule has 1 saturated heterocycles. The first-order chi connectivity index (χ1) is 26.7. The number of nitrogens with zero attached hydrogens (tertiary/aromatic N) is 1. The first-order valence-corrected chi connectivity index (χ1v) is 24.6. The van der Waals surface area contributed by atoms with Crippen LogP contribution in [0, 0.1) is 0 Å². The van der Waals surface area contributed by atoms with Crippen LogP contribution in [0.2, 0.25) is 10.1 Å². The smallest absolute Gasteiger partial charge is 0.354 e. The van der Waals surface area contributed by atoms with Gasteiger partial charge < -0.3 is 18.4 Å². The molecule has 0 aromatic heterocycles. The maximum Gasteiger partial charge on any atom is 0.354 e. The van der Waals surface area contributed by atoms with Gasteiger partial charge in [-0.1, -0.05) is 193 Å². The molecule has 1 aliphatic rings. The predicted molar refractivity (Wildman–Crippen MR) is 229 cm³/mol. The summed E-state index contributed by atoms with van der Waals surface area (Å²) in [4.78, 5) is 0.